The molecule has 1 atom stereocenters. The van der Waals surface area contributed by atoms with Gasteiger partial charge in [-0.3, -0.25) is 4.79 Å². The lowest BCUT2D eigenvalue weighted by atomic mass is 10.0. The fourth-order valence-corrected chi connectivity index (χ4v) is 4.01. The summed E-state index contributed by atoms with van der Waals surface area (Å²) < 4.78 is 5.25. The molecule has 0 unspecified atom stereocenters. The highest BCUT2D eigenvalue weighted by Gasteiger charge is 2.20. The molecule has 0 aromatic heterocycles. The van der Waals surface area contributed by atoms with E-state index in [2.05, 4.69) is 0 Å². The molecule has 0 bridgehead atoms. The summed E-state index contributed by atoms with van der Waals surface area (Å²) in [6, 6.07) is 23.4. The minimum Gasteiger partial charge on any atom is -0.497 e. The van der Waals surface area contributed by atoms with Crippen molar-refractivity contribution in [2.75, 3.05) is 12.8 Å². The van der Waals surface area contributed by atoms with Crippen LogP contribution in [-0.2, 0) is 0 Å². The van der Waals surface area contributed by atoms with Crippen molar-refractivity contribution in [3.63, 3.8) is 0 Å². The van der Waals surface area contributed by atoms with Crippen LogP contribution < -0.4 is 10.5 Å². The number of nitrogens with two attached hydrogens (primary N) is 1. The maximum absolute atomic E-state index is 12.9. The highest BCUT2D eigenvalue weighted by molar-refractivity contribution is 7.99. The number of ketones is 1. The molecule has 2 N–H and O–H groups in total. The summed E-state index contributed by atoms with van der Waals surface area (Å²) in [6.07, 6.45) is 0.397. The van der Waals surface area contributed by atoms with E-state index in [1.54, 1.807) is 18.9 Å². The molecule has 0 fully saturated rings. The molecular weight excluding hydrogens is 354 g/mol. The standard InChI is InChI=1S/C23H23NO2S/c1-16-7-9-17(10-8-16)21(25)15-23(18-11-13-19(26-2)14-12-18)27-22-6-4-3-5-20(22)24/h3-14,23H,15,24H2,1-2H3/t23-/m0/s1. The van der Waals surface area contributed by atoms with E-state index in [0.717, 1.165) is 33.0 Å². The van der Waals surface area contributed by atoms with E-state index < -0.39 is 0 Å². The fourth-order valence-electron chi connectivity index (χ4n) is 2.81. The van der Waals surface area contributed by atoms with Crippen LogP contribution in [0.15, 0.2) is 77.7 Å². The zero-order chi connectivity index (χ0) is 19.2. The molecule has 3 aromatic rings. The first-order valence-electron chi connectivity index (χ1n) is 8.82. The van der Waals surface area contributed by atoms with Crippen LogP contribution in [0.5, 0.6) is 5.75 Å². The van der Waals surface area contributed by atoms with Gasteiger partial charge in [0, 0.05) is 27.8 Å². The Labute approximate surface area is 164 Å². The second-order valence-corrected chi connectivity index (χ2v) is 7.66. The molecule has 4 heteroatoms. The molecular formula is C23H23NO2S. The van der Waals surface area contributed by atoms with Gasteiger partial charge in [0.05, 0.1) is 7.11 Å². The van der Waals surface area contributed by atoms with Gasteiger partial charge in [-0.05, 0) is 36.8 Å². The Morgan fingerprint density at radius 2 is 1.67 bits per heavy atom. The second-order valence-electron chi connectivity index (χ2n) is 6.41. The number of benzene rings is 3. The summed E-state index contributed by atoms with van der Waals surface area (Å²) in [5.74, 6) is 0.921. The Bertz CT molecular complexity index is 904. The van der Waals surface area contributed by atoms with Crippen molar-refractivity contribution in [3.8, 4) is 5.75 Å². The van der Waals surface area contributed by atoms with Crippen LogP contribution in [-0.4, -0.2) is 12.9 Å². The molecule has 3 rings (SSSR count). The lowest BCUT2D eigenvalue weighted by Crippen LogP contribution is -2.06. The predicted octanol–water partition coefficient (Wildman–Crippen LogP) is 5.69. The number of carbonyl (C=O) groups is 1. The maximum Gasteiger partial charge on any atom is 0.164 e. The normalized spacial score (nSPS) is 11.8. The largest absolute Gasteiger partial charge is 0.497 e. The number of nitrogen functional groups attached to an aromatic ring is 1. The van der Waals surface area contributed by atoms with Crippen LogP contribution >= 0.6 is 11.8 Å². The van der Waals surface area contributed by atoms with Crippen molar-refractivity contribution in [2.24, 2.45) is 0 Å². The summed E-state index contributed by atoms with van der Waals surface area (Å²) in [5, 5.41) is -0.0330. The van der Waals surface area contributed by atoms with Gasteiger partial charge in [-0.25, -0.2) is 0 Å². The predicted molar refractivity (Wildman–Crippen MR) is 113 cm³/mol. The maximum atomic E-state index is 12.9. The van der Waals surface area contributed by atoms with E-state index >= 15 is 0 Å². The van der Waals surface area contributed by atoms with E-state index in [9.17, 15) is 4.79 Å². The third kappa shape index (κ3) is 4.92. The van der Waals surface area contributed by atoms with Crippen LogP contribution in [0.1, 0.15) is 33.2 Å². The van der Waals surface area contributed by atoms with E-state index in [1.807, 2.05) is 79.7 Å². The summed E-state index contributed by atoms with van der Waals surface area (Å²) in [4.78, 5) is 13.9. The lowest BCUT2D eigenvalue weighted by molar-refractivity contribution is 0.0982. The number of ether oxygens (including phenoxy) is 1. The molecule has 0 saturated heterocycles. The quantitative estimate of drug-likeness (QED) is 0.326. The second kappa shape index (κ2) is 8.78. The molecule has 138 valence electrons. The van der Waals surface area contributed by atoms with Crippen molar-refractivity contribution < 1.29 is 9.53 Å². The minimum atomic E-state index is -0.0330. The van der Waals surface area contributed by atoms with Gasteiger partial charge in [0.15, 0.2) is 5.78 Å². The number of thioether (sulfide) groups is 1. The summed E-state index contributed by atoms with van der Waals surface area (Å²) in [7, 11) is 1.65. The van der Waals surface area contributed by atoms with Gasteiger partial charge >= 0.3 is 0 Å². The van der Waals surface area contributed by atoms with Gasteiger partial charge in [0.2, 0.25) is 0 Å². The minimum absolute atomic E-state index is 0.0330. The Morgan fingerprint density at radius 3 is 2.30 bits per heavy atom. The Hall–Kier alpha value is -2.72. The van der Waals surface area contributed by atoms with Crippen LogP contribution in [0, 0.1) is 6.92 Å². The average molecular weight is 378 g/mol. The molecule has 0 aliphatic heterocycles. The third-order valence-corrected chi connectivity index (χ3v) is 5.77. The zero-order valence-electron chi connectivity index (χ0n) is 15.5. The molecule has 0 aliphatic rings. The number of hydrogen-bond donors (Lipinski definition) is 1. The molecule has 0 radical (unpaired) electrons. The number of Topliss-reactive ketones (excluding diaryl/α,β-unsaturated/α-hetero) is 1. The Morgan fingerprint density at radius 1 is 1.00 bits per heavy atom. The third-order valence-electron chi connectivity index (χ3n) is 4.42. The van der Waals surface area contributed by atoms with Gasteiger partial charge in [-0.15, -0.1) is 11.8 Å². The monoisotopic (exact) mass is 377 g/mol. The van der Waals surface area contributed by atoms with Crippen LogP contribution in [0.3, 0.4) is 0 Å². The molecule has 0 heterocycles. The van der Waals surface area contributed by atoms with Gasteiger partial charge in [0.25, 0.3) is 0 Å². The molecule has 0 saturated carbocycles. The van der Waals surface area contributed by atoms with Crippen molar-refractivity contribution >= 4 is 23.2 Å². The van der Waals surface area contributed by atoms with Crippen LogP contribution in [0.4, 0.5) is 5.69 Å². The van der Waals surface area contributed by atoms with Crippen molar-refractivity contribution in [2.45, 2.75) is 23.5 Å². The molecule has 3 aromatic carbocycles. The van der Waals surface area contributed by atoms with E-state index in [-0.39, 0.29) is 11.0 Å². The number of para-hydroxylation sites is 1. The van der Waals surface area contributed by atoms with Gasteiger partial charge in [0.1, 0.15) is 5.75 Å². The molecule has 0 spiro atoms. The summed E-state index contributed by atoms with van der Waals surface area (Å²) >= 11 is 1.62. The first-order chi connectivity index (χ1) is 13.1. The van der Waals surface area contributed by atoms with E-state index in [1.165, 1.54) is 0 Å². The molecule has 3 nitrogen and oxygen atoms in total. The number of methoxy groups -OCH3 is 1. The van der Waals surface area contributed by atoms with Gasteiger partial charge in [-0.2, -0.15) is 0 Å². The number of carbonyl (C=O) groups excluding carboxylic acids is 1. The van der Waals surface area contributed by atoms with Crippen molar-refractivity contribution in [1.82, 2.24) is 0 Å². The topological polar surface area (TPSA) is 52.3 Å². The van der Waals surface area contributed by atoms with Gasteiger partial charge in [-0.1, -0.05) is 54.1 Å². The number of rotatable bonds is 7. The highest BCUT2D eigenvalue weighted by atomic mass is 32.2. The van der Waals surface area contributed by atoms with Crippen LogP contribution in [0.25, 0.3) is 0 Å². The van der Waals surface area contributed by atoms with E-state index in [0.29, 0.717) is 6.42 Å². The summed E-state index contributed by atoms with van der Waals surface area (Å²) in [6.45, 7) is 2.02. The number of anilines is 1. The summed E-state index contributed by atoms with van der Waals surface area (Å²) in [5.41, 5.74) is 9.80. The molecule has 0 aliphatic carbocycles. The smallest absolute Gasteiger partial charge is 0.164 e. The molecule has 0 amide bonds. The van der Waals surface area contributed by atoms with Gasteiger partial charge < -0.3 is 10.5 Å². The average Bonchev–Trinajstić information content (AvgIpc) is 2.69. The SMILES string of the molecule is COc1ccc([C@H](CC(=O)c2ccc(C)cc2)Sc2ccccc2N)cc1. The number of hydrogen-bond acceptors (Lipinski definition) is 4. The first kappa shape index (κ1) is 19.1. The first-order valence-corrected chi connectivity index (χ1v) is 9.70. The number of aryl methyl sites for hydroxylation is 1. The van der Waals surface area contributed by atoms with Crippen molar-refractivity contribution in [3.05, 3.63) is 89.5 Å². The van der Waals surface area contributed by atoms with Crippen molar-refractivity contribution in [1.29, 1.82) is 0 Å². The Balaban J connectivity index is 1.87. The van der Waals surface area contributed by atoms with Crippen LogP contribution in [0.2, 0.25) is 0 Å². The lowest BCUT2D eigenvalue weighted by Gasteiger charge is -2.18. The molecule has 27 heavy (non-hydrogen) atoms. The Kier molecular flexibility index (Phi) is 6.20. The zero-order valence-corrected chi connectivity index (χ0v) is 16.3. The highest BCUT2D eigenvalue weighted by Crippen LogP contribution is 2.41. The fraction of sp³-hybridized carbons (Fsp3) is 0.174. The van der Waals surface area contributed by atoms with E-state index in [4.69, 9.17) is 10.5 Å².